The van der Waals surface area contributed by atoms with E-state index < -0.39 is 0 Å². The Kier molecular flexibility index (Phi) is 3.06. The second-order valence-electron chi connectivity index (χ2n) is 4.00. The molecule has 2 aromatic rings. The van der Waals surface area contributed by atoms with Gasteiger partial charge in [0.1, 0.15) is 5.82 Å². The van der Waals surface area contributed by atoms with Gasteiger partial charge in [0.2, 0.25) is 0 Å². The van der Waals surface area contributed by atoms with Crippen molar-refractivity contribution in [3.05, 3.63) is 54.1 Å². The Morgan fingerprint density at radius 3 is 2.69 bits per heavy atom. The van der Waals surface area contributed by atoms with Gasteiger partial charge in [0.25, 0.3) is 0 Å². The van der Waals surface area contributed by atoms with Crippen molar-refractivity contribution in [3.8, 4) is 5.69 Å². The van der Waals surface area contributed by atoms with E-state index in [-0.39, 0.29) is 11.9 Å². The van der Waals surface area contributed by atoms with Gasteiger partial charge in [-0.25, -0.2) is 4.39 Å². The summed E-state index contributed by atoms with van der Waals surface area (Å²) in [5, 5.41) is 0. The first kappa shape index (κ1) is 10.9. The van der Waals surface area contributed by atoms with E-state index in [9.17, 15) is 4.39 Å². The van der Waals surface area contributed by atoms with Crippen molar-refractivity contribution in [1.29, 1.82) is 0 Å². The quantitative estimate of drug-likeness (QED) is 0.843. The van der Waals surface area contributed by atoms with Crippen molar-refractivity contribution in [2.24, 2.45) is 5.73 Å². The molecule has 1 unspecified atom stereocenters. The van der Waals surface area contributed by atoms with Gasteiger partial charge in [-0.1, -0.05) is 12.1 Å². The molecule has 1 heterocycles. The van der Waals surface area contributed by atoms with E-state index in [1.807, 2.05) is 35.9 Å². The van der Waals surface area contributed by atoms with Crippen molar-refractivity contribution in [3.63, 3.8) is 0 Å². The number of hydrogen-bond donors (Lipinski definition) is 1. The van der Waals surface area contributed by atoms with Crippen LogP contribution in [-0.2, 0) is 6.42 Å². The SMILES string of the molecule is CC(N)Cc1cccn1-c1ccccc1F. The largest absolute Gasteiger partial charge is 0.328 e. The summed E-state index contributed by atoms with van der Waals surface area (Å²) in [6, 6.07) is 10.7. The lowest BCUT2D eigenvalue weighted by Gasteiger charge is -2.11. The molecule has 0 bridgehead atoms. The van der Waals surface area contributed by atoms with E-state index in [4.69, 9.17) is 5.73 Å². The van der Waals surface area contributed by atoms with Gasteiger partial charge >= 0.3 is 0 Å². The molecule has 2 nitrogen and oxygen atoms in total. The zero-order valence-corrected chi connectivity index (χ0v) is 9.23. The average molecular weight is 218 g/mol. The molecule has 0 spiro atoms. The highest BCUT2D eigenvalue weighted by Gasteiger charge is 2.08. The smallest absolute Gasteiger partial charge is 0.147 e. The normalized spacial score (nSPS) is 12.7. The van der Waals surface area contributed by atoms with Crippen LogP contribution in [0.5, 0.6) is 0 Å². The lowest BCUT2D eigenvalue weighted by Crippen LogP contribution is -2.19. The summed E-state index contributed by atoms with van der Waals surface area (Å²) in [4.78, 5) is 0. The minimum absolute atomic E-state index is 0.0698. The highest BCUT2D eigenvalue weighted by atomic mass is 19.1. The van der Waals surface area contributed by atoms with Gasteiger partial charge in [0.15, 0.2) is 0 Å². The van der Waals surface area contributed by atoms with Crippen LogP contribution in [0.15, 0.2) is 42.6 Å². The Morgan fingerprint density at radius 2 is 2.00 bits per heavy atom. The van der Waals surface area contributed by atoms with E-state index >= 15 is 0 Å². The third-order valence-corrected chi connectivity index (χ3v) is 2.48. The van der Waals surface area contributed by atoms with E-state index in [2.05, 4.69) is 0 Å². The predicted molar refractivity (Wildman–Crippen MR) is 63.1 cm³/mol. The zero-order valence-electron chi connectivity index (χ0n) is 9.23. The minimum Gasteiger partial charge on any atom is -0.328 e. The van der Waals surface area contributed by atoms with Gasteiger partial charge < -0.3 is 10.3 Å². The molecule has 0 aliphatic carbocycles. The molecule has 3 heteroatoms. The van der Waals surface area contributed by atoms with Gasteiger partial charge in [-0.3, -0.25) is 0 Å². The molecular weight excluding hydrogens is 203 g/mol. The zero-order chi connectivity index (χ0) is 11.5. The third-order valence-electron chi connectivity index (χ3n) is 2.48. The number of benzene rings is 1. The van der Waals surface area contributed by atoms with E-state index in [1.165, 1.54) is 6.07 Å². The molecule has 0 amide bonds. The fourth-order valence-electron chi connectivity index (χ4n) is 1.79. The molecule has 0 saturated carbocycles. The van der Waals surface area contributed by atoms with Gasteiger partial charge in [-0.2, -0.15) is 0 Å². The maximum atomic E-state index is 13.6. The summed E-state index contributed by atoms with van der Waals surface area (Å²) in [6.45, 7) is 1.94. The Morgan fingerprint density at radius 1 is 1.25 bits per heavy atom. The van der Waals surface area contributed by atoms with Crippen LogP contribution in [-0.4, -0.2) is 10.6 Å². The maximum absolute atomic E-state index is 13.6. The summed E-state index contributed by atoms with van der Waals surface area (Å²) in [5.74, 6) is -0.218. The number of aromatic nitrogens is 1. The number of nitrogens with two attached hydrogens (primary N) is 1. The number of hydrogen-bond acceptors (Lipinski definition) is 1. The van der Waals surface area contributed by atoms with Gasteiger partial charge in [-0.15, -0.1) is 0 Å². The average Bonchev–Trinajstić information content (AvgIpc) is 2.66. The molecule has 1 aromatic heterocycles. The van der Waals surface area contributed by atoms with E-state index in [0.29, 0.717) is 5.69 Å². The molecule has 2 N–H and O–H groups in total. The number of para-hydroxylation sites is 1. The highest BCUT2D eigenvalue weighted by Crippen LogP contribution is 2.16. The van der Waals surface area contributed by atoms with Crippen LogP contribution >= 0.6 is 0 Å². The summed E-state index contributed by atoms with van der Waals surface area (Å²) >= 11 is 0. The Balaban J connectivity index is 2.41. The Labute approximate surface area is 94.5 Å². The van der Waals surface area contributed by atoms with Crippen LogP contribution in [0, 0.1) is 5.82 Å². The fraction of sp³-hybridized carbons (Fsp3) is 0.231. The Hall–Kier alpha value is -1.61. The molecule has 16 heavy (non-hydrogen) atoms. The van der Waals surface area contributed by atoms with E-state index in [1.54, 1.807) is 12.1 Å². The maximum Gasteiger partial charge on any atom is 0.147 e. The second kappa shape index (κ2) is 4.49. The molecule has 0 aliphatic heterocycles. The highest BCUT2D eigenvalue weighted by molar-refractivity contribution is 5.36. The predicted octanol–water partition coefficient (Wildman–Crippen LogP) is 2.51. The van der Waals surface area contributed by atoms with Crippen LogP contribution in [0.2, 0.25) is 0 Å². The molecule has 0 fully saturated rings. The number of nitrogens with zero attached hydrogens (tertiary/aromatic N) is 1. The molecule has 1 aromatic carbocycles. The van der Waals surface area contributed by atoms with Crippen molar-refractivity contribution in [2.75, 3.05) is 0 Å². The van der Waals surface area contributed by atoms with Crippen LogP contribution < -0.4 is 5.73 Å². The van der Waals surface area contributed by atoms with Crippen molar-refractivity contribution in [2.45, 2.75) is 19.4 Å². The molecule has 0 aliphatic rings. The molecule has 84 valence electrons. The fourth-order valence-corrected chi connectivity index (χ4v) is 1.79. The first-order valence-corrected chi connectivity index (χ1v) is 5.35. The topological polar surface area (TPSA) is 30.9 Å². The summed E-state index contributed by atoms with van der Waals surface area (Å²) in [5.41, 5.74) is 7.36. The van der Waals surface area contributed by atoms with Crippen LogP contribution in [0.1, 0.15) is 12.6 Å². The molecule has 0 radical (unpaired) electrons. The van der Waals surface area contributed by atoms with Crippen molar-refractivity contribution >= 4 is 0 Å². The van der Waals surface area contributed by atoms with Crippen molar-refractivity contribution in [1.82, 2.24) is 4.57 Å². The number of halogens is 1. The standard InChI is InChI=1S/C13H15FN2/c1-10(15)9-11-5-4-8-16(11)13-7-3-2-6-12(13)14/h2-8,10H,9,15H2,1H3. The lowest BCUT2D eigenvalue weighted by atomic mass is 10.2. The monoisotopic (exact) mass is 218 g/mol. The summed E-state index contributed by atoms with van der Waals surface area (Å²) in [6.07, 6.45) is 2.59. The van der Waals surface area contributed by atoms with E-state index in [0.717, 1.165) is 12.1 Å². The van der Waals surface area contributed by atoms with Crippen LogP contribution in [0.25, 0.3) is 5.69 Å². The lowest BCUT2D eigenvalue weighted by molar-refractivity contribution is 0.613. The summed E-state index contributed by atoms with van der Waals surface area (Å²) in [7, 11) is 0. The van der Waals surface area contributed by atoms with Gasteiger partial charge in [0.05, 0.1) is 5.69 Å². The molecule has 0 saturated heterocycles. The van der Waals surface area contributed by atoms with Crippen LogP contribution in [0.3, 0.4) is 0 Å². The third kappa shape index (κ3) is 2.14. The summed E-state index contributed by atoms with van der Waals surface area (Å²) < 4.78 is 15.5. The first-order chi connectivity index (χ1) is 7.68. The Bertz CT molecular complexity index is 474. The molecule has 1 atom stereocenters. The van der Waals surface area contributed by atoms with Gasteiger partial charge in [-0.05, 0) is 31.2 Å². The second-order valence-corrected chi connectivity index (χ2v) is 4.00. The van der Waals surface area contributed by atoms with Crippen LogP contribution in [0.4, 0.5) is 4.39 Å². The number of rotatable bonds is 3. The van der Waals surface area contributed by atoms with Gasteiger partial charge in [0, 0.05) is 24.4 Å². The molecular formula is C13H15FN2. The minimum atomic E-state index is -0.218. The molecule has 2 rings (SSSR count). The van der Waals surface area contributed by atoms with Crippen molar-refractivity contribution < 1.29 is 4.39 Å². The first-order valence-electron chi connectivity index (χ1n) is 5.35.